The van der Waals surface area contributed by atoms with Gasteiger partial charge in [0.25, 0.3) is 0 Å². The second-order valence-corrected chi connectivity index (χ2v) is 19.3. The van der Waals surface area contributed by atoms with E-state index in [4.69, 9.17) is 33.4 Å². The molecule has 0 fully saturated rings. The zero-order chi connectivity index (χ0) is 60.0. The van der Waals surface area contributed by atoms with Crippen LogP contribution < -0.4 is 65.9 Å². The number of nitrogens with one attached hydrogen (secondary N) is 7. The van der Waals surface area contributed by atoms with Crippen LogP contribution in [0.1, 0.15) is 121 Å². The van der Waals surface area contributed by atoms with Gasteiger partial charge in [-0.1, -0.05) is 125 Å². The number of amides is 7. The number of carbonyl (C=O) groups is 10. The molecule has 0 aliphatic heterocycles. The van der Waals surface area contributed by atoms with Crippen LogP contribution in [0.3, 0.4) is 0 Å². The molecule has 0 saturated carbocycles. The molecule has 0 aliphatic carbocycles. The first-order valence-electron chi connectivity index (χ1n) is 27.3. The van der Waals surface area contributed by atoms with E-state index in [9.17, 15) is 58.2 Å². The Balaban J connectivity index is 2.23. The Kier molecular flexibility index (Phi) is 33.9. The lowest BCUT2D eigenvalue weighted by Gasteiger charge is -2.25. The Morgan fingerprint density at radius 3 is 1.36 bits per heavy atom. The standard InChI is InChI=1S/C54H84N14O13/c1-2-3-4-5-6-7-8-9-10-17-28-81-52(80)42(30-36-22-15-12-16-23-36)68-51(79)41(32-46(73)74)65-44(70)34-63-48(76)38(25-19-27-61-54(58)59)66-49(77)39(29-35-20-13-11-14-21-35)67-50(78)40(31-45(71)72)64-43(69)33-62-47(75)37(55)24-18-26-60-53(56)57/h11-16,20-23,37-42H,2-10,17-19,24-34,55H2,1H3,(H,62,75)(H,63,76)(H,64,69)(H,65,70)(H,66,77)(H,67,78)(H,68,79)(H,71,72)(H,73,74)(H4,56,57,60)(H4,58,59,61)/t37-,38-,39-,40-,41-,42-/m0/s1. The molecular weight excluding hydrogens is 1050 g/mol. The smallest absolute Gasteiger partial charge is 0.328 e. The summed E-state index contributed by atoms with van der Waals surface area (Å²) in [5.74, 6) is -10.9. The number of guanidine groups is 2. The van der Waals surface area contributed by atoms with Gasteiger partial charge in [0, 0.05) is 25.9 Å². The topological polar surface area (TPSA) is 459 Å². The Morgan fingerprint density at radius 2 is 0.889 bits per heavy atom. The van der Waals surface area contributed by atoms with Crippen LogP contribution >= 0.6 is 0 Å². The van der Waals surface area contributed by atoms with Gasteiger partial charge < -0.3 is 80.8 Å². The van der Waals surface area contributed by atoms with Crippen molar-refractivity contribution in [1.82, 2.24) is 37.2 Å². The minimum absolute atomic E-state index is 0.0125. The number of nitrogens with zero attached hydrogens (tertiary/aromatic N) is 2. The summed E-state index contributed by atoms with van der Waals surface area (Å²) in [4.78, 5) is 139. The molecule has 0 saturated heterocycles. The van der Waals surface area contributed by atoms with Gasteiger partial charge in [-0.05, 0) is 43.2 Å². The third kappa shape index (κ3) is 31.7. The fourth-order valence-corrected chi connectivity index (χ4v) is 8.05. The normalized spacial score (nSPS) is 13.0. The van der Waals surface area contributed by atoms with Crippen molar-refractivity contribution in [2.45, 2.75) is 159 Å². The fraction of sp³-hybridized carbons (Fsp3) is 0.556. The van der Waals surface area contributed by atoms with Crippen molar-refractivity contribution in [3.05, 3.63) is 71.8 Å². The summed E-state index contributed by atoms with van der Waals surface area (Å²) in [5.41, 5.74) is 28.6. The molecule has 0 aromatic heterocycles. The van der Waals surface area contributed by atoms with Crippen LogP contribution in [-0.4, -0.2) is 150 Å². The van der Waals surface area contributed by atoms with Gasteiger partial charge in [-0.3, -0.25) is 53.1 Å². The molecule has 0 radical (unpaired) electrons. The SMILES string of the molecule is CCCCCCCCCCCCOC(=O)[C@H](Cc1ccccc1)NC(=O)[C@H](CC(=O)O)NC(=O)CNC(=O)[C@H](CCCN=C(N)N)NC(=O)[C@H](Cc1ccccc1)NC(=O)[C@H](CC(=O)O)NC(=O)CNC(=O)[C@@H](N)CCCN=C(N)N. The molecule has 27 nitrogen and oxygen atoms in total. The summed E-state index contributed by atoms with van der Waals surface area (Å²) in [6, 6.07) is 8.14. The molecule has 2 aromatic rings. The van der Waals surface area contributed by atoms with Gasteiger partial charge in [0.1, 0.15) is 30.2 Å². The number of carbonyl (C=O) groups excluding carboxylic acids is 8. The van der Waals surface area contributed by atoms with Crippen molar-refractivity contribution in [3.8, 4) is 0 Å². The number of benzene rings is 2. The number of rotatable bonds is 42. The van der Waals surface area contributed by atoms with Crippen molar-refractivity contribution >= 4 is 71.2 Å². The van der Waals surface area contributed by atoms with Crippen molar-refractivity contribution in [1.29, 1.82) is 0 Å². The molecular formula is C54H84N14O13. The summed E-state index contributed by atoms with van der Waals surface area (Å²) in [6.07, 6.45) is 9.00. The van der Waals surface area contributed by atoms with E-state index in [1.807, 2.05) is 0 Å². The Morgan fingerprint density at radius 1 is 0.481 bits per heavy atom. The Bertz CT molecular complexity index is 2370. The monoisotopic (exact) mass is 1140 g/mol. The molecule has 448 valence electrons. The van der Waals surface area contributed by atoms with Crippen LogP contribution in [-0.2, 0) is 65.5 Å². The van der Waals surface area contributed by atoms with Crippen LogP contribution in [0.5, 0.6) is 0 Å². The second kappa shape index (κ2) is 39.9. The highest BCUT2D eigenvalue weighted by atomic mass is 16.5. The van der Waals surface area contributed by atoms with Gasteiger partial charge in [0.2, 0.25) is 41.4 Å². The second-order valence-electron chi connectivity index (χ2n) is 19.3. The largest absolute Gasteiger partial charge is 0.481 e. The highest BCUT2D eigenvalue weighted by Crippen LogP contribution is 2.13. The van der Waals surface area contributed by atoms with E-state index >= 15 is 0 Å². The molecule has 2 rings (SSSR count). The number of carboxylic acid groups (broad SMARTS) is 2. The van der Waals surface area contributed by atoms with E-state index in [0.29, 0.717) is 24.0 Å². The minimum atomic E-state index is -1.78. The molecule has 0 unspecified atom stereocenters. The number of aliphatic carboxylic acids is 2. The van der Waals surface area contributed by atoms with Crippen molar-refractivity contribution in [2.75, 3.05) is 32.8 Å². The van der Waals surface area contributed by atoms with Crippen LogP contribution in [0, 0.1) is 0 Å². The van der Waals surface area contributed by atoms with E-state index in [0.717, 1.165) is 25.7 Å². The number of aliphatic imine (C=N–C) groups is 2. The van der Waals surface area contributed by atoms with Gasteiger partial charge in [0.15, 0.2) is 11.9 Å². The molecule has 0 heterocycles. The molecule has 0 bridgehead atoms. The summed E-state index contributed by atoms with van der Waals surface area (Å²) in [6.45, 7) is 0.914. The number of unbranched alkanes of at least 4 members (excludes halogenated alkanes) is 9. The minimum Gasteiger partial charge on any atom is -0.481 e. The lowest BCUT2D eigenvalue weighted by Crippen LogP contribution is -2.58. The summed E-state index contributed by atoms with van der Waals surface area (Å²) >= 11 is 0. The predicted octanol–water partition coefficient (Wildman–Crippen LogP) is -1.02. The maximum Gasteiger partial charge on any atom is 0.328 e. The molecule has 0 aliphatic rings. The number of ether oxygens (including phenoxy) is 1. The van der Waals surface area contributed by atoms with Crippen LogP contribution in [0.4, 0.5) is 0 Å². The van der Waals surface area contributed by atoms with E-state index in [2.05, 4.69) is 54.1 Å². The van der Waals surface area contributed by atoms with Crippen LogP contribution in [0.2, 0.25) is 0 Å². The average Bonchev–Trinajstić information content (AvgIpc) is 3.42. The third-order valence-corrected chi connectivity index (χ3v) is 12.3. The highest BCUT2D eigenvalue weighted by molar-refractivity contribution is 5.98. The zero-order valence-electron chi connectivity index (χ0n) is 46.2. The van der Waals surface area contributed by atoms with Gasteiger partial charge in [-0.15, -0.1) is 0 Å². The third-order valence-electron chi connectivity index (χ3n) is 12.3. The van der Waals surface area contributed by atoms with E-state index in [1.54, 1.807) is 60.7 Å². The first kappa shape index (κ1) is 68.7. The quantitative estimate of drug-likeness (QED) is 0.0164. The Labute approximate surface area is 471 Å². The fourth-order valence-electron chi connectivity index (χ4n) is 8.05. The van der Waals surface area contributed by atoms with Crippen LogP contribution in [0.15, 0.2) is 70.6 Å². The summed E-state index contributed by atoms with van der Waals surface area (Å²) in [5, 5.41) is 36.1. The highest BCUT2D eigenvalue weighted by Gasteiger charge is 2.33. The Hall–Kier alpha value is -8.36. The summed E-state index contributed by atoms with van der Waals surface area (Å²) in [7, 11) is 0. The van der Waals surface area contributed by atoms with E-state index in [-0.39, 0.29) is 63.7 Å². The molecule has 6 atom stereocenters. The van der Waals surface area contributed by atoms with Crippen molar-refractivity contribution in [2.24, 2.45) is 38.7 Å². The maximum absolute atomic E-state index is 14.2. The number of esters is 1. The first-order valence-corrected chi connectivity index (χ1v) is 27.3. The van der Waals surface area contributed by atoms with E-state index in [1.165, 1.54) is 32.1 Å². The maximum atomic E-state index is 14.2. The average molecular weight is 1140 g/mol. The van der Waals surface area contributed by atoms with Gasteiger partial charge in [-0.2, -0.15) is 0 Å². The predicted molar refractivity (Wildman–Crippen MR) is 301 cm³/mol. The molecule has 19 N–H and O–H groups in total. The van der Waals surface area contributed by atoms with Gasteiger partial charge >= 0.3 is 17.9 Å². The van der Waals surface area contributed by atoms with E-state index < -0.39 is 121 Å². The van der Waals surface area contributed by atoms with Crippen molar-refractivity contribution < 1.29 is 62.9 Å². The van der Waals surface area contributed by atoms with Crippen LogP contribution in [0.25, 0.3) is 0 Å². The number of hydrogen-bond donors (Lipinski definition) is 14. The lowest BCUT2D eigenvalue weighted by molar-refractivity contribution is -0.148. The molecule has 2 aromatic carbocycles. The lowest BCUT2D eigenvalue weighted by atomic mass is 10.0. The molecule has 81 heavy (non-hydrogen) atoms. The zero-order valence-corrected chi connectivity index (χ0v) is 46.2. The van der Waals surface area contributed by atoms with Gasteiger partial charge in [-0.25, -0.2) is 4.79 Å². The molecule has 27 heteroatoms. The molecule has 0 spiro atoms. The molecule has 7 amide bonds. The number of nitrogens with two attached hydrogens (primary N) is 5. The summed E-state index contributed by atoms with van der Waals surface area (Å²) < 4.78 is 5.56. The number of hydrogen-bond acceptors (Lipinski definition) is 14. The number of carboxylic acids is 2. The first-order chi connectivity index (χ1) is 38.7. The van der Waals surface area contributed by atoms with Gasteiger partial charge in [0.05, 0.1) is 38.6 Å². The van der Waals surface area contributed by atoms with Crippen molar-refractivity contribution in [3.63, 3.8) is 0 Å².